The molecule has 0 spiro atoms. The van der Waals surface area contributed by atoms with Gasteiger partial charge < -0.3 is 15.0 Å². The molecule has 118 valence electrons. The molecule has 0 aromatic carbocycles. The Hall–Kier alpha value is -0.160. The average Bonchev–Trinajstić information content (AvgIpc) is 2.51. The van der Waals surface area contributed by atoms with Crippen molar-refractivity contribution in [2.75, 3.05) is 52.4 Å². The van der Waals surface area contributed by atoms with E-state index in [1.807, 2.05) is 0 Å². The lowest BCUT2D eigenvalue weighted by molar-refractivity contribution is -0.0873. The van der Waals surface area contributed by atoms with E-state index in [9.17, 15) is 0 Å². The summed E-state index contributed by atoms with van der Waals surface area (Å²) in [7, 11) is 0. The number of rotatable bonds is 8. The van der Waals surface area contributed by atoms with Crippen LogP contribution < -0.4 is 5.32 Å². The van der Waals surface area contributed by atoms with Gasteiger partial charge in [-0.1, -0.05) is 26.7 Å². The van der Waals surface area contributed by atoms with Crippen LogP contribution in [0, 0.1) is 0 Å². The molecule has 1 heterocycles. The summed E-state index contributed by atoms with van der Waals surface area (Å²) >= 11 is 0. The number of nitrogens with one attached hydrogen (secondary N) is 1. The summed E-state index contributed by atoms with van der Waals surface area (Å²) in [5, 5.41) is 3.60. The molecule has 2 rings (SSSR count). The van der Waals surface area contributed by atoms with Crippen LogP contribution in [0.1, 0.15) is 39.5 Å². The van der Waals surface area contributed by atoms with E-state index in [1.54, 1.807) is 0 Å². The van der Waals surface area contributed by atoms with E-state index < -0.39 is 0 Å². The Labute approximate surface area is 124 Å². The van der Waals surface area contributed by atoms with Crippen LogP contribution in [0.25, 0.3) is 0 Å². The van der Waals surface area contributed by atoms with Crippen molar-refractivity contribution in [3.8, 4) is 0 Å². The standard InChI is InChI=1S/C16H33N3O/c1-3-18(4-2)11-9-17-10-12-19-13-14-20-16-8-6-5-7-15(16)19/h15-17H,3-14H2,1-2H3. The Morgan fingerprint density at radius 2 is 1.95 bits per heavy atom. The molecule has 1 aliphatic heterocycles. The Morgan fingerprint density at radius 1 is 1.15 bits per heavy atom. The van der Waals surface area contributed by atoms with Crippen LogP contribution in [0.2, 0.25) is 0 Å². The molecule has 2 fully saturated rings. The molecule has 0 radical (unpaired) electrons. The maximum atomic E-state index is 5.93. The summed E-state index contributed by atoms with van der Waals surface area (Å²) in [5.41, 5.74) is 0. The maximum Gasteiger partial charge on any atom is 0.0730 e. The van der Waals surface area contributed by atoms with E-state index in [0.717, 1.165) is 39.3 Å². The zero-order valence-electron chi connectivity index (χ0n) is 13.4. The summed E-state index contributed by atoms with van der Waals surface area (Å²) in [6.45, 7) is 13.4. The van der Waals surface area contributed by atoms with Crippen LogP contribution in [0.3, 0.4) is 0 Å². The topological polar surface area (TPSA) is 27.7 Å². The minimum Gasteiger partial charge on any atom is -0.375 e. The third-order valence-electron chi connectivity index (χ3n) is 4.92. The normalized spacial score (nSPS) is 27.8. The van der Waals surface area contributed by atoms with E-state index in [0.29, 0.717) is 12.1 Å². The second kappa shape index (κ2) is 8.98. The average molecular weight is 283 g/mol. The van der Waals surface area contributed by atoms with Crippen molar-refractivity contribution in [2.45, 2.75) is 51.7 Å². The SMILES string of the molecule is CCN(CC)CCNCCN1CCOC2CCCCC21. The number of fused-ring (bicyclic) bond motifs is 1. The zero-order valence-corrected chi connectivity index (χ0v) is 13.4. The van der Waals surface area contributed by atoms with Crippen molar-refractivity contribution in [3.63, 3.8) is 0 Å². The molecule has 2 atom stereocenters. The molecule has 1 N–H and O–H groups in total. The molecule has 4 heteroatoms. The van der Waals surface area contributed by atoms with Crippen molar-refractivity contribution < 1.29 is 4.74 Å². The summed E-state index contributed by atoms with van der Waals surface area (Å²) < 4.78 is 5.93. The zero-order chi connectivity index (χ0) is 14.2. The van der Waals surface area contributed by atoms with Crippen molar-refractivity contribution >= 4 is 0 Å². The molecular weight excluding hydrogens is 250 g/mol. The fourth-order valence-corrected chi connectivity index (χ4v) is 3.58. The maximum absolute atomic E-state index is 5.93. The van der Waals surface area contributed by atoms with Crippen molar-refractivity contribution in [3.05, 3.63) is 0 Å². The molecule has 2 aliphatic rings. The van der Waals surface area contributed by atoms with Crippen LogP contribution in [0.5, 0.6) is 0 Å². The highest BCUT2D eigenvalue weighted by molar-refractivity contribution is 4.87. The van der Waals surface area contributed by atoms with Crippen LogP contribution >= 0.6 is 0 Å². The Kier molecular flexibility index (Phi) is 7.28. The first kappa shape index (κ1) is 16.2. The molecule has 4 nitrogen and oxygen atoms in total. The Balaban J connectivity index is 1.61. The van der Waals surface area contributed by atoms with Crippen molar-refractivity contribution in [2.24, 2.45) is 0 Å². The van der Waals surface area contributed by atoms with Crippen molar-refractivity contribution in [1.29, 1.82) is 0 Å². The number of hydrogen-bond donors (Lipinski definition) is 1. The molecule has 2 unspecified atom stereocenters. The van der Waals surface area contributed by atoms with Crippen LogP contribution in [0.15, 0.2) is 0 Å². The van der Waals surface area contributed by atoms with E-state index in [-0.39, 0.29) is 0 Å². The summed E-state index contributed by atoms with van der Waals surface area (Å²) in [4.78, 5) is 5.14. The van der Waals surface area contributed by atoms with Crippen LogP contribution in [0.4, 0.5) is 0 Å². The number of hydrogen-bond acceptors (Lipinski definition) is 4. The first-order valence-corrected chi connectivity index (χ1v) is 8.63. The van der Waals surface area contributed by atoms with Crippen LogP contribution in [-0.4, -0.2) is 74.4 Å². The quantitative estimate of drug-likeness (QED) is 0.684. The summed E-state index contributed by atoms with van der Waals surface area (Å²) in [6.07, 6.45) is 5.88. The summed E-state index contributed by atoms with van der Waals surface area (Å²) in [5.74, 6) is 0. The number of likely N-dealkylation sites (N-methyl/N-ethyl adjacent to an activating group) is 1. The molecule has 0 amide bonds. The molecule has 0 aromatic heterocycles. The summed E-state index contributed by atoms with van der Waals surface area (Å²) in [6, 6.07) is 0.696. The highest BCUT2D eigenvalue weighted by Crippen LogP contribution is 2.27. The van der Waals surface area contributed by atoms with E-state index in [2.05, 4.69) is 29.0 Å². The lowest BCUT2D eigenvalue weighted by Gasteiger charge is -2.43. The predicted molar refractivity (Wildman–Crippen MR) is 84.2 cm³/mol. The van der Waals surface area contributed by atoms with Gasteiger partial charge in [-0.15, -0.1) is 0 Å². The lowest BCUT2D eigenvalue weighted by Crippen LogP contribution is -2.54. The first-order valence-electron chi connectivity index (χ1n) is 8.63. The minimum absolute atomic E-state index is 0.521. The number of morpholine rings is 1. The third-order valence-corrected chi connectivity index (χ3v) is 4.92. The first-order chi connectivity index (χ1) is 9.85. The van der Waals surface area contributed by atoms with Gasteiger partial charge in [0.05, 0.1) is 12.7 Å². The third kappa shape index (κ3) is 4.69. The second-order valence-corrected chi connectivity index (χ2v) is 6.07. The van der Waals surface area contributed by atoms with Gasteiger partial charge in [0.1, 0.15) is 0 Å². The highest BCUT2D eigenvalue weighted by Gasteiger charge is 2.33. The molecule has 0 aromatic rings. The number of ether oxygens (including phenoxy) is 1. The van der Waals surface area contributed by atoms with E-state index >= 15 is 0 Å². The molecular formula is C16H33N3O. The van der Waals surface area contributed by atoms with Gasteiger partial charge in [0.25, 0.3) is 0 Å². The van der Waals surface area contributed by atoms with Gasteiger partial charge in [-0.25, -0.2) is 0 Å². The Bertz CT molecular complexity index is 256. The minimum atomic E-state index is 0.521. The molecule has 1 aliphatic carbocycles. The van der Waals surface area contributed by atoms with Gasteiger partial charge in [0, 0.05) is 38.8 Å². The largest absolute Gasteiger partial charge is 0.375 e. The Morgan fingerprint density at radius 3 is 2.75 bits per heavy atom. The second-order valence-electron chi connectivity index (χ2n) is 6.07. The van der Waals surface area contributed by atoms with Crippen LogP contribution in [-0.2, 0) is 4.74 Å². The fourth-order valence-electron chi connectivity index (χ4n) is 3.58. The van der Waals surface area contributed by atoms with Gasteiger partial charge >= 0.3 is 0 Å². The fraction of sp³-hybridized carbons (Fsp3) is 1.00. The molecule has 20 heavy (non-hydrogen) atoms. The van der Waals surface area contributed by atoms with Crippen molar-refractivity contribution in [1.82, 2.24) is 15.1 Å². The van der Waals surface area contributed by atoms with Gasteiger partial charge in [-0.05, 0) is 25.9 Å². The predicted octanol–water partition coefficient (Wildman–Crippen LogP) is 1.56. The van der Waals surface area contributed by atoms with Gasteiger partial charge in [0.2, 0.25) is 0 Å². The van der Waals surface area contributed by atoms with Gasteiger partial charge in [0.15, 0.2) is 0 Å². The monoisotopic (exact) mass is 283 g/mol. The van der Waals surface area contributed by atoms with E-state index in [4.69, 9.17) is 4.74 Å². The molecule has 1 saturated carbocycles. The smallest absolute Gasteiger partial charge is 0.0730 e. The molecule has 1 saturated heterocycles. The van der Waals surface area contributed by atoms with Gasteiger partial charge in [-0.3, -0.25) is 4.90 Å². The number of nitrogens with zero attached hydrogens (tertiary/aromatic N) is 2. The lowest BCUT2D eigenvalue weighted by atomic mass is 9.90. The molecule has 0 bridgehead atoms. The van der Waals surface area contributed by atoms with Gasteiger partial charge in [-0.2, -0.15) is 0 Å². The highest BCUT2D eigenvalue weighted by atomic mass is 16.5. The van der Waals surface area contributed by atoms with E-state index in [1.165, 1.54) is 38.8 Å².